The predicted octanol–water partition coefficient (Wildman–Crippen LogP) is 6.71. The van der Waals surface area contributed by atoms with E-state index in [4.69, 9.17) is 23.2 Å². The number of hydrogen-bond acceptors (Lipinski definition) is 2. The molecule has 0 saturated carbocycles. The summed E-state index contributed by atoms with van der Waals surface area (Å²) in [6, 6.07) is 24.3. The third kappa shape index (κ3) is 4.21. The SMILES string of the molecule is O=C(c1ccc(Cl)cc1)C(Sc1ccc(Cl)cc1)c1ccccc1. The van der Waals surface area contributed by atoms with Crippen LogP contribution >= 0.6 is 35.0 Å². The fourth-order valence-electron chi connectivity index (χ4n) is 2.32. The molecule has 1 nitrogen and oxygen atoms in total. The molecule has 1 atom stereocenters. The third-order valence-corrected chi connectivity index (χ3v) is 5.31. The van der Waals surface area contributed by atoms with Crippen LogP contribution in [0.25, 0.3) is 0 Å². The van der Waals surface area contributed by atoms with Crippen molar-refractivity contribution in [2.45, 2.75) is 10.1 Å². The molecular weight excluding hydrogens is 359 g/mol. The molecule has 3 aromatic carbocycles. The average Bonchev–Trinajstić information content (AvgIpc) is 2.62. The second-order valence-corrected chi connectivity index (χ2v) is 7.29. The zero-order valence-corrected chi connectivity index (χ0v) is 15.0. The zero-order valence-electron chi connectivity index (χ0n) is 12.7. The summed E-state index contributed by atoms with van der Waals surface area (Å²) >= 11 is 13.4. The molecule has 0 fully saturated rings. The van der Waals surface area contributed by atoms with E-state index in [0.29, 0.717) is 15.6 Å². The van der Waals surface area contributed by atoms with Crippen molar-refractivity contribution in [3.05, 3.63) is 100 Å². The molecule has 1 unspecified atom stereocenters. The standard InChI is InChI=1S/C20H14Cl2OS/c21-16-8-6-14(7-9-16)19(23)20(15-4-2-1-3-5-15)24-18-12-10-17(22)11-13-18/h1-13,20H. The number of ketones is 1. The van der Waals surface area contributed by atoms with Gasteiger partial charge < -0.3 is 0 Å². The van der Waals surface area contributed by atoms with Gasteiger partial charge in [-0.05, 0) is 54.1 Å². The van der Waals surface area contributed by atoms with Gasteiger partial charge in [0, 0.05) is 20.5 Å². The number of halogens is 2. The van der Waals surface area contributed by atoms with Crippen molar-refractivity contribution in [2.24, 2.45) is 0 Å². The van der Waals surface area contributed by atoms with Crippen molar-refractivity contribution in [1.82, 2.24) is 0 Å². The molecule has 0 aliphatic rings. The maximum atomic E-state index is 13.0. The minimum Gasteiger partial charge on any atom is -0.293 e. The first-order valence-corrected chi connectivity index (χ1v) is 9.04. The molecule has 3 aromatic rings. The van der Waals surface area contributed by atoms with Crippen LogP contribution in [-0.2, 0) is 0 Å². The monoisotopic (exact) mass is 372 g/mol. The van der Waals surface area contributed by atoms with Crippen LogP contribution in [0.4, 0.5) is 0 Å². The smallest absolute Gasteiger partial charge is 0.180 e. The fourth-order valence-corrected chi connectivity index (χ4v) is 3.67. The van der Waals surface area contributed by atoms with E-state index in [9.17, 15) is 4.79 Å². The molecule has 0 spiro atoms. The number of hydrogen-bond donors (Lipinski definition) is 0. The van der Waals surface area contributed by atoms with Crippen LogP contribution in [0.5, 0.6) is 0 Å². The Morgan fingerprint density at radius 1 is 0.750 bits per heavy atom. The summed E-state index contributed by atoms with van der Waals surface area (Å²) in [6.45, 7) is 0. The van der Waals surface area contributed by atoms with Gasteiger partial charge >= 0.3 is 0 Å². The van der Waals surface area contributed by atoms with Gasteiger partial charge in [0.1, 0.15) is 0 Å². The summed E-state index contributed by atoms with van der Waals surface area (Å²) in [5, 5.41) is 0.973. The van der Waals surface area contributed by atoms with Gasteiger partial charge in [-0.2, -0.15) is 0 Å². The maximum Gasteiger partial charge on any atom is 0.180 e. The maximum absolute atomic E-state index is 13.0. The minimum absolute atomic E-state index is 0.0535. The number of rotatable bonds is 5. The van der Waals surface area contributed by atoms with Gasteiger partial charge in [0.2, 0.25) is 0 Å². The van der Waals surface area contributed by atoms with Crippen LogP contribution in [0.2, 0.25) is 10.0 Å². The molecule has 24 heavy (non-hydrogen) atoms. The molecule has 0 radical (unpaired) electrons. The number of Topliss-reactive ketones (excluding diaryl/α,β-unsaturated/α-hetero) is 1. The molecule has 0 N–H and O–H groups in total. The Kier molecular flexibility index (Phi) is 5.62. The molecule has 0 aromatic heterocycles. The van der Waals surface area contributed by atoms with Crippen LogP contribution in [0.3, 0.4) is 0 Å². The Morgan fingerprint density at radius 3 is 1.88 bits per heavy atom. The third-order valence-electron chi connectivity index (χ3n) is 3.54. The number of thioether (sulfide) groups is 1. The van der Waals surface area contributed by atoms with E-state index in [2.05, 4.69) is 0 Å². The molecule has 3 rings (SSSR count). The largest absolute Gasteiger partial charge is 0.293 e. The molecule has 0 amide bonds. The zero-order chi connectivity index (χ0) is 16.9. The Balaban J connectivity index is 1.94. The van der Waals surface area contributed by atoms with Crippen molar-refractivity contribution >= 4 is 40.7 Å². The lowest BCUT2D eigenvalue weighted by molar-refractivity contribution is 0.0989. The van der Waals surface area contributed by atoms with E-state index < -0.39 is 0 Å². The highest BCUT2D eigenvalue weighted by Crippen LogP contribution is 2.38. The quantitative estimate of drug-likeness (QED) is 0.365. The summed E-state index contributed by atoms with van der Waals surface area (Å²) in [6.07, 6.45) is 0. The van der Waals surface area contributed by atoms with E-state index in [1.165, 1.54) is 11.8 Å². The van der Waals surface area contributed by atoms with Crippen molar-refractivity contribution in [3.63, 3.8) is 0 Å². The lowest BCUT2D eigenvalue weighted by Crippen LogP contribution is -2.09. The van der Waals surface area contributed by atoms with Gasteiger partial charge in [0.15, 0.2) is 5.78 Å². The molecule has 0 heterocycles. The minimum atomic E-state index is -0.325. The van der Waals surface area contributed by atoms with E-state index in [1.54, 1.807) is 24.3 Å². The lowest BCUT2D eigenvalue weighted by Gasteiger charge is -2.16. The van der Waals surface area contributed by atoms with E-state index in [-0.39, 0.29) is 11.0 Å². The number of carbonyl (C=O) groups excluding carboxylic acids is 1. The highest BCUT2D eigenvalue weighted by atomic mass is 35.5. The van der Waals surface area contributed by atoms with Crippen molar-refractivity contribution in [3.8, 4) is 0 Å². The van der Waals surface area contributed by atoms with Gasteiger partial charge in [-0.15, -0.1) is 11.8 Å². The van der Waals surface area contributed by atoms with Crippen molar-refractivity contribution < 1.29 is 4.79 Å². The van der Waals surface area contributed by atoms with Crippen LogP contribution in [0, 0.1) is 0 Å². The van der Waals surface area contributed by atoms with E-state index in [1.807, 2.05) is 54.6 Å². The van der Waals surface area contributed by atoms with Crippen LogP contribution in [0.15, 0.2) is 83.8 Å². The Bertz CT molecular complexity index is 815. The first-order chi connectivity index (χ1) is 11.6. The van der Waals surface area contributed by atoms with Gasteiger partial charge in [-0.3, -0.25) is 4.79 Å². The Morgan fingerprint density at radius 2 is 1.29 bits per heavy atom. The summed E-state index contributed by atoms with van der Waals surface area (Å²) < 4.78 is 0. The predicted molar refractivity (Wildman–Crippen MR) is 102 cm³/mol. The summed E-state index contributed by atoms with van der Waals surface area (Å²) in [4.78, 5) is 14.0. The van der Waals surface area contributed by atoms with Gasteiger partial charge in [-0.25, -0.2) is 0 Å². The van der Waals surface area contributed by atoms with E-state index >= 15 is 0 Å². The fraction of sp³-hybridized carbons (Fsp3) is 0.0500. The normalized spacial score (nSPS) is 11.9. The second-order valence-electron chi connectivity index (χ2n) is 5.23. The topological polar surface area (TPSA) is 17.1 Å². The first-order valence-electron chi connectivity index (χ1n) is 7.40. The van der Waals surface area contributed by atoms with Crippen LogP contribution < -0.4 is 0 Å². The van der Waals surface area contributed by atoms with Crippen molar-refractivity contribution in [2.75, 3.05) is 0 Å². The second kappa shape index (κ2) is 7.89. The summed E-state index contributed by atoms with van der Waals surface area (Å²) in [7, 11) is 0. The molecule has 0 aliphatic heterocycles. The Labute approximate surface area is 155 Å². The average molecular weight is 373 g/mol. The Hall–Kier alpha value is -1.74. The number of carbonyl (C=O) groups is 1. The molecular formula is C20H14Cl2OS. The molecule has 120 valence electrons. The summed E-state index contributed by atoms with van der Waals surface area (Å²) in [5.74, 6) is 0.0535. The van der Waals surface area contributed by atoms with Gasteiger partial charge in [-0.1, -0.05) is 53.5 Å². The summed E-state index contributed by atoms with van der Waals surface area (Å²) in [5.41, 5.74) is 1.62. The van der Waals surface area contributed by atoms with Crippen LogP contribution in [-0.4, -0.2) is 5.78 Å². The molecule has 4 heteroatoms. The highest BCUT2D eigenvalue weighted by molar-refractivity contribution is 8.00. The molecule has 0 bridgehead atoms. The van der Waals surface area contributed by atoms with E-state index in [0.717, 1.165) is 10.5 Å². The first kappa shape index (κ1) is 17.1. The van der Waals surface area contributed by atoms with Crippen LogP contribution in [0.1, 0.15) is 21.2 Å². The highest BCUT2D eigenvalue weighted by Gasteiger charge is 2.23. The number of benzene rings is 3. The van der Waals surface area contributed by atoms with Gasteiger partial charge in [0.25, 0.3) is 0 Å². The van der Waals surface area contributed by atoms with Gasteiger partial charge in [0.05, 0.1) is 5.25 Å². The van der Waals surface area contributed by atoms with Crippen molar-refractivity contribution in [1.29, 1.82) is 0 Å². The molecule has 0 saturated heterocycles. The lowest BCUT2D eigenvalue weighted by atomic mass is 10.0. The molecule has 0 aliphatic carbocycles.